The van der Waals surface area contributed by atoms with E-state index in [1.54, 1.807) is 0 Å². The van der Waals surface area contributed by atoms with Gasteiger partial charge in [0.2, 0.25) is 0 Å². The summed E-state index contributed by atoms with van der Waals surface area (Å²) in [7, 11) is 0. The summed E-state index contributed by atoms with van der Waals surface area (Å²) in [6.45, 7) is 4.10. The van der Waals surface area contributed by atoms with E-state index < -0.39 is 0 Å². The molecule has 0 nitrogen and oxygen atoms in total. The van der Waals surface area contributed by atoms with Crippen LogP contribution in [0.4, 0.5) is 0 Å². The fourth-order valence-electron chi connectivity index (χ4n) is 1.45. The van der Waals surface area contributed by atoms with Gasteiger partial charge in [-0.3, -0.25) is 0 Å². The summed E-state index contributed by atoms with van der Waals surface area (Å²) in [4.78, 5) is 0. The SMILES string of the molecule is Br.Br.Br.Br.C=C(c1ccccc1)c1ccccc1. The Morgan fingerprint density at radius 1 is 0.556 bits per heavy atom. The minimum absolute atomic E-state index is 0. The van der Waals surface area contributed by atoms with Crippen LogP contribution in [0, 0.1) is 0 Å². The molecule has 18 heavy (non-hydrogen) atoms. The Bertz CT molecular complexity index is 385. The quantitative estimate of drug-likeness (QED) is 0.467. The normalized spacial score (nSPS) is 7.56. The summed E-state index contributed by atoms with van der Waals surface area (Å²) >= 11 is 0. The smallest absolute Gasteiger partial charge is 0.0183 e. The van der Waals surface area contributed by atoms with Gasteiger partial charge in [0.15, 0.2) is 0 Å². The minimum atomic E-state index is 0. The molecule has 0 N–H and O–H groups in total. The van der Waals surface area contributed by atoms with Gasteiger partial charge in [-0.1, -0.05) is 67.2 Å². The third-order valence-electron chi connectivity index (χ3n) is 2.24. The first-order valence-electron chi connectivity index (χ1n) is 4.67. The van der Waals surface area contributed by atoms with E-state index in [4.69, 9.17) is 0 Å². The molecule has 4 heteroatoms. The van der Waals surface area contributed by atoms with Crippen molar-refractivity contribution in [2.24, 2.45) is 0 Å². The Morgan fingerprint density at radius 2 is 0.833 bits per heavy atom. The van der Waals surface area contributed by atoms with Gasteiger partial charge in [-0.05, 0) is 16.7 Å². The van der Waals surface area contributed by atoms with Crippen molar-refractivity contribution >= 4 is 73.5 Å². The molecule has 0 aromatic heterocycles. The lowest BCUT2D eigenvalue weighted by molar-refractivity contribution is 1.56. The number of halogens is 4. The van der Waals surface area contributed by atoms with Crippen molar-refractivity contribution in [3.8, 4) is 0 Å². The minimum Gasteiger partial charge on any atom is -0.114 e. The first-order chi connectivity index (χ1) is 6.88. The van der Waals surface area contributed by atoms with Crippen LogP contribution in [0.3, 0.4) is 0 Å². The highest BCUT2D eigenvalue weighted by Gasteiger charge is 1.99. The maximum Gasteiger partial charge on any atom is -0.0183 e. The Kier molecular flexibility index (Phi) is 15.7. The van der Waals surface area contributed by atoms with E-state index in [0.29, 0.717) is 0 Å². The molecule has 2 aromatic rings. The largest absolute Gasteiger partial charge is 0.114 e. The van der Waals surface area contributed by atoms with Crippen LogP contribution in [0.2, 0.25) is 0 Å². The molecule has 100 valence electrons. The summed E-state index contributed by atoms with van der Waals surface area (Å²) in [5.74, 6) is 0. The van der Waals surface area contributed by atoms with Crippen LogP contribution in [0.25, 0.3) is 5.57 Å². The van der Waals surface area contributed by atoms with Crippen LogP contribution < -0.4 is 0 Å². The van der Waals surface area contributed by atoms with Crippen LogP contribution in [-0.2, 0) is 0 Å². The monoisotopic (exact) mass is 500 g/mol. The maximum absolute atomic E-state index is 4.10. The molecule has 0 unspecified atom stereocenters. The fourth-order valence-corrected chi connectivity index (χ4v) is 1.45. The highest BCUT2D eigenvalue weighted by atomic mass is 79.9. The highest BCUT2D eigenvalue weighted by Crippen LogP contribution is 2.20. The second-order valence-electron chi connectivity index (χ2n) is 3.21. The van der Waals surface area contributed by atoms with Crippen LogP contribution >= 0.6 is 67.9 Å². The molecule has 0 amide bonds. The van der Waals surface area contributed by atoms with Crippen molar-refractivity contribution in [1.29, 1.82) is 0 Å². The summed E-state index contributed by atoms with van der Waals surface area (Å²) in [5, 5.41) is 0. The molecule has 0 saturated carbocycles. The molecule has 0 fully saturated rings. The fraction of sp³-hybridized carbons (Fsp3) is 0. The van der Waals surface area contributed by atoms with Crippen LogP contribution in [0.15, 0.2) is 67.2 Å². The Hall–Kier alpha value is 0.100. The Labute approximate surface area is 151 Å². The molecule has 0 bridgehead atoms. The molecule has 0 aliphatic carbocycles. The van der Waals surface area contributed by atoms with Gasteiger partial charge in [-0.15, -0.1) is 67.9 Å². The lowest BCUT2D eigenvalue weighted by Gasteiger charge is -2.04. The number of benzene rings is 2. The van der Waals surface area contributed by atoms with E-state index in [2.05, 4.69) is 30.8 Å². The van der Waals surface area contributed by atoms with Gasteiger partial charge in [0.1, 0.15) is 0 Å². The molecule has 0 aliphatic heterocycles. The van der Waals surface area contributed by atoms with E-state index in [9.17, 15) is 0 Å². The van der Waals surface area contributed by atoms with E-state index in [1.807, 2.05) is 36.4 Å². The number of hydrogen-bond donors (Lipinski definition) is 0. The number of hydrogen-bond acceptors (Lipinski definition) is 0. The summed E-state index contributed by atoms with van der Waals surface area (Å²) in [6.07, 6.45) is 0. The van der Waals surface area contributed by atoms with Gasteiger partial charge in [-0.25, -0.2) is 0 Å². The molecule has 0 aliphatic rings. The second kappa shape index (κ2) is 12.2. The lowest BCUT2D eigenvalue weighted by Crippen LogP contribution is -1.84. The summed E-state index contributed by atoms with van der Waals surface area (Å²) in [5.41, 5.74) is 3.43. The average molecular weight is 504 g/mol. The van der Waals surface area contributed by atoms with Crippen molar-refractivity contribution in [3.63, 3.8) is 0 Å². The Morgan fingerprint density at radius 3 is 1.11 bits per heavy atom. The molecular formula is C14H16Br4. The number of rotatable bonds is 2. The van der Waals surface area contributed by atoms with Crippen LogP contribution in [0.5, 0.6) is 0 Å². The van der Waals surface area contributed by atoms with Crippen molar-refractivity contribution < 1.29 is 0 Å². The van der Waals surface area contributed by atoms with Crippen LogP contribution in [0.1, 0.15) is 11.1 Å². The van der Waals surface area contributed by atoms with Crippen LogP contribution in [-0.4, -0.2) is 0 Å². The standard InChI is InChI=1S/C14H12.4BrH/c1-12(13-8-4-2-5-9-13)14-10-6-3-7-11-14;;;;/h2-11H,1H2;4*1H. The highest BCUT2D eigenvalue weighted by molar-refractivity contribution is 8.93. The lowest BCUT2D eigenvalue weighted by atomic mass is 10.0. The van der Waals surface area contributed by atoms with Gasteiger partial charge in [-0.2, -0.15) is 0 Å². The molecular weight excluding hydrogens is 488 g/mol. The molecule has 2 rings (SSSR count). The average Bonchev–Trinajstić information content (AvgIpc) is 2.30. The maximum atomic E-state index is 4.10. The first kappa shape index (κ1) is 23.2. The third-order valence-corrected chi connectivity index (χ3v) is 2.24. The van der Waals surface area contributed by atoms with E-state index in [0.717, 1.165) is 5.57 Å². The predicted octanol–water partition coefficient (Wildman–Crippen LogP) is 6.06. The predicted molar refractivity (Wildman–Crippen MR) is 102 cm³/mol. The third kappa shape index (κ3) is 6.32. The molecule has 0 spiro atoms. The summed E-state index contributed by atoms with van der Waals surface area (Å²) in [6, 6.07) is 20.5. The van der Waals surface area contributed by atoms with Gasteiger partial charge >= 0.3 is 0 Å². The Balaban J connectivity index is -0.000000562. The molecule has 0 radical (unpaired) electrons. The van der Waals surface area contributed by atoms with E-state index >= 15 is 0 Å². The first-order valence-corrected chi connectivity index (χ1v) is 4.67. The van der Waals surface area contributed by atoms with Gasteiger partial charge < -0.3 is 0 Å². The van der Waals surface area contributed by atoms with Crippen molar-refractivity contribution in [2.75, 3.05) is 0 Å². The zero-order valence-corrected chi connectivity index (χ0v) is 16.5. The zero-order valence-electron chi connectivity index (χ0n) is 9.61. The van der Waals surface area contributed by atoms with Gasteiger partial charge in [0, 0.05) is 0 Å². The molecule has 0 atom stereocenters. The molecule has 0 saturated heterocycles. The second-order valence-corrected chi connectivity index (χ2v) is 3.21. The van der Waals surface area contributed by atoms with Crippen molar-refractivity contribution in [2.45, 2.75) is 0 Å². The summed E-state index contributed by atoms with van der Waals surface area (Å²) < 4.78 is 0. The zero-order chi connectivity index (χ0) is 9.80. The van der Waals surface area contributed by atoms with Crippen molar-refractivity contribution in [1.82, 2.24) is 0 Å². The van der Waals surface area contributed by atoms with E-state index in [-0.39, 0.29) is 67.9 Å². The molecule has 0 heterocycles. The topological polar surface area (TPSA) is 0 Å². The van der Waals surface area contributed by atoms with Gasteiger partial charge in [0.05, 0.1) is 0 Å². The van der Waals surface area contributed by atoms with E-state index in [1.165, 1.54) is 11.1 Å². The van der Waals surface area contributed by atoms with Crippen molar-refractivity contribution in [3.05, 3.63) is 78.4 Å². The molecule has 2 aromatic carbocycles. The van der Waals surface area contributed by atoms with Gasteiger partial charge in [0.25, 0.3) is 0 Å².